The van der Waals surface area contributed by atoms with Crippen molar-refractivity contribution < 1.29 is 14.7 Å². The minimum atomic E-state index is -0.678. The van der Waals surface area contributed by atoms with Crippen molar-refractivity contribution in [2.75, 3.05) is 6.54 Å². The lowest BCUT2D eigenvalue weighted by Crippen LogP contribution is -2.47. The molecule has 0 radical (unpaired) electrons. The van der Waals surface area contributed by atoms with Crippen molar-refractivity contribution in [2.45, 2.75) is 64.8 Å². The summed E-state index contributed by atoms with van der Waals surface area (Å²) in [7, 11) is 0. The molecule has 0 bridgehead atoms. The van der Waals surface area contributed by atoms with Crippen LogP contribution in [0.4, 0.5) is 4.79 Å². The molecule has 0 aromatic rings. The molecule has 0 heterocycles. The van der Waals surface area contributed by atoms with E-state index in [9.17, 15) is 9.59 Å². The summed E-state index contributed by atoms with van der Waals surface area (Å²) in [6.07, 6.45) is 6.66. The lowest BCUT2D eigenvalue weighted by molar-refractivity contribution is -0.143. The van der Waals surface area contributed by atoms with Gasteiger partial charge in [-0.25, -0.2) is 4.79 Å². The first kappa shape index (κ1) is 16.1. The molecule has 2 aliphatic rings. The summed E-state index contributed by atoms with van der Waals surface area (Å²) in [6.45, 7) is 5.07. The molecule has 120 valence electrons. The molecule has 5 nitrogen and oxygen atoms in total. The topological polar surface area (TPSA) is 78.4 Å². The van der Waals surface area contributed by atoms with Crippen LogP contribution in [0.5, 0.6) is 0 Å². The zero-order valence-corrected chi connectivity index (χ0v) is 13.2. The van der Waals surface area contributed by atoms with Crippen LogP contribution in [0.3, 0.4) is 0 Å². The van der Waals surface area contributed by atoms with Gasteiger partial charge < -0.3 is 15.7 Å². The fourth-order valence-corrected chi connectivity index (χ4v) is 3.65. The van der Waals surface area contributed by atoms with Crippen LogP contribution in [0.1, 0.15) is 58.8 Å². The summed E-state index contributed by atoms with van der Waals surface area (Å²) in [6, 6.07) is 0.190. The van der Waals surface area contributed by atoms with Crippen LogP contribution in [-0.4, -0.2) is 29.7 Å². The number of hydrogen-bond acceptors (Lipinski definition) is 2. The maximum absolute atomic E-state index is 12.0. The number of urea groups is 1. The summed E-state index contributed by atoms with van der Waals surface area (Å²) in [5.74, 6) is -0.445. The molecular formula is C16H28N2O3. The van der Waals surface area contributed by atoms with E-state index in [1.165, 1.54) is 6.42 Å². The number of carbonyl (C=O) groups excluding carboxylic acids is 1. The summed E-state index contributed by atoms with van der Waals surface area (Å²) in [5.41, 5.74) is 0.191. The van der Waals surface area contributed by atoms with Crippen LogP contribution in [0.25, 0.3) is 0 Å². The number of rotatable bonds is 4. The van der Waals surface area contributed by atoms with E-state index in [1.807, 2.05) is 0 Å². The van der Waals surface area contributed by atoms with Crippen LogP contribution >= 0.6 is 0 Å². The number of amides is 2. The second-order valence-corrected chi connectivity index (χ2v) is 7.34. The van der Waals surface area contributed by atoms with Gasteiger partial charge in [0.2, 0.25) is 0 Å². The molecule has 0 saturated heterocycles. The third-order valence-electron chi connectivity index (χ3n) is 5.31. The maximum atomic E-state index is 12.0. The number of carbonyl (C=O) groups is 2. The van der Waals surface area contributed by atoms with Crippen molar-refractivity contribution >= 4 is 12.0 Å². The smallest absolute Gasteiger partial charge is 0.315 e. The molecule has 3 N–H and O–H groups in total. The van der Waals surface area contributed by atoms with Crippen molar-refractivity contribution in [3.05, 3.63) is 0 Å². The molecular weight excluding hydrogens is 268 g/mol. The van der Waals surface area contributed by atoms with E-state index in [2.05, 4.69) is 24.5 Å². The van der Waals surface area contributed by atoms with Gasteiger partial charge in [0.15, 0.2) is 0 Å². The Morgan fingerprint density at radius 3 is 2.33 bits per heavy atom. The fraction of sp³-hybridized carbons (Fsp3) is 0.875. The Morgan fingerprint density at radius 1 is 1.14 bits per heavy atom. The van der Waals surface area contributed by atoms with Gasteiger partial charge >= 0.3 is 12.0 Å². The van der Waals surface area contributed by atoms with Crippen LogP contribution < -0.4 is 10.6 Å². The minimum absolute atomic E-state index is 0.0738. The molecule has 2 amide bonds. The van der Waals surface area contributed by atoms with Gasteiger partial charge in [-0.2, -0.15) is 0 Å². The van der Waals surface area contributed by atoms with Gasteiger partial charge in [0, 0.05) is 12.6 Å². The summed E-state index contributed by atoms with van der Waals surface area (Å²) < 4.78 is 0. The van der Waals surface area contributed by atoms with Crippen LogP contribution in [0.2, 0.25) is 0 Å². The van der Waals surface area contributed by atoms with E-state index in [0.29, 0.717) is 12.5 Å². The SMILES string of the molecule is CC1(C)CCCC1NC(=O)NCC1CCC(C(=O)O)CC1. The van der Waals surface area contributed by atoms with E-state index in [1.54, 1.807) is 0 Å². The first-order valence-electron chi connectivity index (χ1n) is 8.15. The van der Waals surface area contributed by atoms with E-state index in [0.717, 1.165) is 38.5 Å². The van der Waals surface area contributed by atoms with Crippen molar-refractivity contribution in [1.82, 2.24) is 10.6 Å². The van der Waals surface area contributed by atoms with E-state index >= 15 is 0 Å². The zero-order chi connectivity index (χ0) is 15.5. The maximum Gasteiger partial charge on any atom is 0.315 e. The number of carboxylic acid groups (broad SMARTS) is 1. The fourth-order valence-electron chi connectivity index (χ4n) is 3.65. The average Bonchev–Trinajstić information content (AvgIpc) is 2.76. The highest BCUT2D eigenvalue weighted by Crippen LogP contribution is 2.37. The van der Waals surface area contributed by atoms with Crippen LogP contribution in [0, 0.1) is 17.3 Å². The second-order valence-electron chi connectivity index (χ2n) is 7.34. The summed E-state index contributed by atoms with van der Waals surface area (Å²) >= 11 is 0. The Hall–Kier alpha value is -1.26. The van der Waals surface area contributed by atoms with Crippen molar-refractivity contribution in [2.24, 2.45) is 17.3 Å². The van der Waals surface area contributed by atoms with E-state index in [-0.39, 0.29) is 23.4 Å². The predicted molar refractivity (Wildman–Crippen MR) is 81.0 cm³/mol. The Kier molecular flexibility index (Phi) is 5.12. The van der Waals surface area contributed by atoms with Gasteiger partial charge in [-0.15, -0.1) is 0 Å². The molecule has 0 aromatic carbocycles. The Labute approximate surface area is 126 Å². The quantitative estimate of drug-likeness (QED) is 0.746. The van der Waals surface area contributed by atoms with Crippen LogP contribution in [0.15, 0.2) is 0 Å². The number of carboxylic acids is 1. The predicted octanol–water partition coefficient (Wildman–Crippen LogP) is 2.76. The number of hydrogen-bond donors (Lipinski definition) is 3. The Balaban J connectivity index is 1.67. The van der Waals surface area contributed by atoms with Crippen molar-refractivity contribution in [1.29, 1.82) is 0 Å². The zero-order valence-electron chi connectivity index (χ0n) is 13.2. The van der Waals surface area contributed by atoms with Crippen molar-refractivity contribution in [3.8, 4) is 0 Å². The molecule has 2 aliphatic carbocycles. The van der Waals surface area contributed by atoms with E-state index in [4.69, 9.17) is 5.11 Å². The molecule has 0 aliphatic heterocycles. The Morgan fingerprint density at radius 2 is 1.81 bits per heavy atom. The molecule has 1 atom stereocenters. The summed E-state index contributed by atoms with van der Waals surface area (Å²) in [5, 5.41) is 15.0. The van der Waals surface area contributed by atoms with Gasteiger partial charge in [0.05, 0.1) is 5.92 Å². The summed E-state index contributed by atoms with van der Waals surface area (Å²) in [4.78, 5) is 22.9. The van der Waals surface area contributed by atoms with Gasteiger partial charge in [0.25, 0.3) is 0 Å². The third-order valence-corrected chi connectivity index (χ3v) is 5.31. The third kappa shape index (κ3) is 4.35. The minimum Gasteiger partial charge on any atom is -0.481 e. The molecule has 2 rings (SSSR count). The number of nitrogens with one attached hydrogen (secondary N) is 2. The van der Waals surface area contributed by atoms with Crippen molar-refractivity contribution in [3.63, 3.8) is 0 Å². The normalized spacial score (nSPS) is 31.6. The lowest BCUT2D eigenvalue weighted by Gasteiger charge is -2.29. The highest BCUT2D eigenvalue weighted by atomic mass is 16.4. The Bertz CT molecular complexity index is 387. The molecule has 5 heteroatoms. The standard InChI is InChI=1S/C16H28N2O3/c1-16(2)9-3-4-13(16)18-15(21)17-10-11-5-7-12(8-6-11)14(19)20/h11-13H,3-10H2,1-2H3,(H,19,20)(H2,17,18,21). The highest BCUT2D eigenvalue weighted by molar-refractivity contribution is 5.74. The first-order valence-corrected chi connectivity index (χ1v) is 8.15. The number of aliphatic carboxylic acids is 1. The van der Waals surface area contributed by atoms with Gasteiger partial charge in [-0.05, 0) is 49.9 Å². The van der Waals surface area contributed by atoms with Gasteiger partial charge in [-0.1, -0.05) is 20.3 Å². The largest absolute Gasteiger partial charge is 0.481 e. The molecule has 2 fully saturated rings. The molecule has 2 saturated carbocycles. The first-order chi connectivity index (χ1) is 9.88. The van der Waals surface area contributed by atoms with Gasteiger partial charge in [-0.3, -0.25) is 4.79 Å². The second kappa shape index (κ2) is 6.67. The van der Waals surface area contributed by atoms with E-state index < -0.39 is 5.97 Å². The van der Waals surface area contributed by atoms with Gasteiger partial charge in [0.1, 0.15) is 0 Å². The molecule has 1 unspecified atom stereocenters. The lowest BCUT2D eigenvalue weighted by atomic mass is 9.82. The monoisotopic (exact) mass is 296 g/mol. The molecule has 0 spiro atoms. The molecule has 21 heavy (non-hydrogen) atoms. The highest BCUT2D eigenvalue weighted by Gasteiger charge is 2.35. The average molecular weight is 296 g/mol. The van der Waals surface area contributed by atoms with Crippen LogP contribution in [-0.2, 0) is 4.79 Å². The molecule has 0 aromatic heterocycles.